The van der Waals surface area contributed by atoms with Gasteiger partial charge >= 0.3 is 6.18 Å². The number of benzene rings is 1. The van der Waals surface area contributed by atoms with E-state index in [2.05, 4.69) is 20.2 Å². The molecule has 1 aromatic heterocycles. The number of hydrogen-bond donors (Lipinski definition) is 1. The molecule has 3 heterocycles. The summed E-state index contributed by atoms with van der Waals surface area (Å²) in [6.07, 6.45) is 1.96. The van der Waals surface area contributed by atoms with Gasteiger partial charge in [0.2, 0.25) is 5.95 Å². The van der Waals surface area contributed by atoms with Crippen molar-refractivity contribution < 1.29 is 17.9 Å². The first-order valence-electron chi connectivity index (χ1n) is 9.61. The SMILES string of the molecule is FC(F)(F)c1cccc(Cl)c1COc1cnc(N2CCCC3(CCNC3)C2)nc1. The predicted molar refractivity (Wildman–Crippen MR) is 104 cm³/mol. The topological polar surface area (TPSA) is 50.3 Å². The summed E-state index contributed by atoms with van der Waals surface area (Å²) in [6.45, 7) is 3.56. The van der Waals surface area contributed by atoms with Gasteiger partial charge in [0, 0.05) is 35.6 Å². The van der Waals surface area contributed by atoms with Crippen LogP contribution in [0, 0.1) is 5.41 Å². The molecule has 1 atom stereocenters. The fourth-order valence-electron chi connectivity index (χ4n) is 4.20. The molecular weight excluding hydrogens is 405 g/mol. The van der Waals surface area contributed by atoms with E-state index in [1.165, 1.54) is 30.9 Å². The monoisotopic (exact) mass is 426 g/mol. The largest absolute Gasteiger partial charge is 0.486 e. The van der Waals surface area contributed by atoms with Gasteiger partial charge in [0.1, 0.15) is 6.61 Å². The first-order chi connectivity index (χ1) is 13.9. The van der Waals surface area contributed by atoms with Crippen molar-refractivity contribution in [3.63, 3.8) is 0 Å². The lowest BCUT2D eigenvalue weighted by Crippen LogP contribution is -2.45. The average Bonchev–Trinajstić information content (AvgIpc) is 3.14. The van der Waals surface area contributed by atoms with Gasteiger partial charge in [0.05, 0.1) is 18.0 Å². The van der Waals surface area contributed by atoms with Gasteiger partial charge in [-0.25, -0.2) is 9.97 Å². The quantitative estimate of drug-likeness (QED) is 0.789. The fraction of sp³-hybridized carbons (Fsp3) is 0.500. The molecule has 1 unspecified atom stereocenters. The second kappa shape index (κ2) is 7.99. The van der Waals surface area contributed by atoms with E-state index in [1.807, 2.05) is 0 Å². The van der Waals surface area contributed by atoms with Crippen molar-refractivity contribution in [2.45, 2.75) is 32.0 Å². The average molecular weight is 427 g/mol. The molecule has 5 nitrogen and oxygen atoms in total. The normalized spacial score (nSPS) is 22.3. The number of piperidine rings is 1. The summed E-state index contributed by atoms with van der Waals surface area (Å²) in [6, 6.07) is 3.69. The maximum absolute atomic E-state index is 13.2. The van der Waals surface area contributed by atoms with Crippen molar-refractivity contribution in [1.82, 2.24) is 15.3 Å². The molecule has 0 bridgehead atoms. The Balaban J connectivity index is 1.43. The zero-order chi connectivity index (χ0) is 20.5. The summed E-state index contributed by atoms with van der Waals surface area (Å²) in [5.74, 6) is 0.924. The number of ether oxygens (including phenoxy) is 1. The number of hydrogen-bond acceptors (Lipinski definition) is 5. The van der Waals surface area contributed by atoms with Crippen LogP contribution in [0.4, 0.5) is 19.1 Å². The number of nitrogens with zero attached hydrogens (tertiary/aromatic N) is 3. The summed E-state index contributed by atoms with van der Waals surface area (Å²) in [5.41, 5.74) is -0.613. The fourth-order valence-corrected chi connectivity index (χ4v) is 4.43. The Hall–Kier alpha value is -2.06. The summed E-state index contributed by atoms with van der Waals surface area (Å²) in [4.78, 5) is 10.9. The van der Waals surface area contributed by atoms with E-state index in [0.29, 0.717) is 11.7 Å². The van der Waals surface area contributed by atoms with E-state index < -0.39 is 11.7 Å². The molecule has 0 aliphatic carbocycles. The van der Waals surface area contributed by atoms with Crippen LogP contribution in [-0.4, -0.2) is 36.1 Å². The van der Waals surface area contributed by atoms with Gasteiger partial charge in [-0.2, -0.15) is 13.2 Å². The molecule has 0 saturated carbocycles. The van der Waals surface area contributed by atoms with Crippen LogP contribution in [0.5, 0.6) is 5.75 Å². The highest BCUT2D eigenvalue weighted by Gasteiger charge is 2.38. The Morgan fingerprint density at radius 2 is 2.00 bits per heavy atom. The van der Waals surface area contributed by atoms with E-state index in [1.54, 1.807) is 0 Å². The summed E-state index contributed by atoms with van der Waals surface area (Å²) >= 11 is 5.96. The summed E-state index contributed by atoms with van der Waals surface area (Å²) in [5, 5.41) is 3.45. The Bertz CT molecular complexity index is 854. The molecule has 2 aliphatic heterocycles. The molecular formula is C20H22ClF3N4O. The van der Waals surface area contributed by atoms with E-state index in [4.69, 9.17) is 16.3 Å². The number of aromatic nitrogens is 2. The Labute approximate surface area is 172 Å². The van der Waals surface area contributed by atoms with Gasteiger partial charge in [-0.15, -0.1) is 0 Å². The van der Waals surface area contributed by atoms with Crippen LogP contribution in [-0.2, 0) is 12.8 Å². The smallest absolute Gasteiger partial charge is 0.416 e. The second-order valence-corrected chi connectivity index (χ2v) is 8.13. The van der Waals surface area contributed by atoms with Gasteiger partial charge in [-0.1, -0.05) is 17.7 Å². The van der Waals surface area contributed by atoms with Gasteiger partial charge in [0.25, 0.3) is 0 Å². The lowest BCUT2D eigenvalue weighted by Gasteiger charge is -2.40. The molecule has 1 spiro atoms. The first-order valence-corrected chi connectivity index (χ1v) is 9.99. The number of nitrogens with one attached hydrogen (secondary N) is 1. The number of anilines is 1. The molecule has 2 fully saturated rings. The molecule has 1 aromatic carbocycles. The Kier molecular flexibility index (Phi) is 5.57. The lowest BCUT2D eigenvalue weighted by molar-refractivity contribution is -0.138. The number of alkyl halides is 3. The molecule has 2 aliphatic rings. The molecule has 0 amide bonds. The standard InChI is InChI=1S/C20H22ClF3N4O/c21-17-4-1-3-16(20(22,23)24)15(17)11-29-14-9-26-18(27-10-14)28-8-2-5-19(13-28)6-7-25-12-19/h1,3-4,9-10,25H,2,5-8,11-13H2. The minimum absolute atomic E-state index is 0.0150. The predicted octanol–water partition coefficient (Wildman–Crippen LogP) is 4.31. The second-order valence-electron chi connectivity index (χ2n) is 7.72. The third-order valence-corrected chi connectivity index (χ3v) is 6.05. The van der Waals surface area contributed by atoms with Crippen molar-refractivity contribution in [2.24, 2.45) is 5.41 Å². The zero-order valence-corrected chi connectivity index (χ0v) is 16.6. The molecule has 2 saturated heterocycles. The van der Waals surface area contributed by atoms with Crippen LogP contribution >= 0.6 is 11.6 Å². The molecule has 4 rings (SSSR count). The van der Waals surface area contributed by atoms with Crippen molar-refractivity contribution in [1.29, 1.82) is 0 Å². The molecule has 156 valence electrons. The Morgan fingerprint density at radius 1 is 1.21 bits per heavy atom. The van der Waals surface area contributed by atoms with E-state index in [0.717, 1.165) is 45.1 Å². The highest BCUT2D eigenvalue weighted by Crippen LogP contribution is 2.37. The van der Waals surface area contributed by atoms with Crippen LogP contribution in [0.15, 0.2) is 30.6 Å². The van der Waals surface area contributed by atoms with E-state index in [-0.39, 0.29) is 22.6 Å². The molecule has 0 radical (unpaired) electrons. The first kappa shape index (κ1) is 20.2. The summed E-state index contributed by atoms with van der Waals surface area (Å²) < 4.78 is 45.1. The van der Waals surface area contributed by atoms with Gasteiger partial charge in [-0.3, -0.25) is 0 Å². The van der Waals surface area contributed by atoms with E-state index in [9.17, 15) is 13.2 Å². The van der Waals surface area contributed by atoms with Gasteiger partial charge in [0.15, 0.2) is 5.75 Å². The molecule has 9 heteroatoms. The van der Waals surface area contributed by atoms with Crippen LogP contribution in [0.25, 0.3) is 0 Å². The maximum atomic E-state index is 13.2. The van der Waals surface area contributed by atoms with Crippen molar-refractivity contribution in [2.75, 3.05) is 31.1 Å². The third kappa shape index (κ3) is 4.43. The molecule has 1 N–H and O–H groups in total. The lowest BCUT2D eigenvalue weighted by atomic mass is 9.79. The number of rotatable bonds is 4. The highest BCUT2D eigenvalue weighted by molar-refractivity contribution is 6.31. The zero-order valence-electron chi connectivity index (χ0n) is 15.8. The van der Waals surface area contributed by atoms with Crippen molar-refractivity contribution in [3.8, 4) is 5.75 Å². The van der Waals surface area contributed by atoms with Crippen molar-refractivity contribution in [3.05, 3.63) is 46.7 Å². The summed E-state index contributed by atoms with van der Waals surface area (Å²) in [7, 11) is 0. The number of halogens is 4. The maximum Gasteiger partial charge on any atom is 0.416 e. The van der Waals surface area contributed by atoms with Crippen LogP contribution in [0.1, 0.15) is 30.4 Å². The minimum Gasteiger partial charge on any atom is -0.486 e. The molecule has 29 heavy (non-hydrogen) atoms. The van der Waals surface area contributed by atoms with Crippen molar-refractivity contribution >= 4 is 17.5 Å². The molecule has 2 aromatic rings. The van der Waals surface area contributed by atoms with Crippen LogP contribution in [0.3, 0.4) is 0 Å². The Morgan fingerprint density at radius 3 is 2.69 bits per heavy atom. The van der Waals surface area contributed by atoms with Crippen LogP contribution < -0.4 is 15.0 Å². The minimum atomic E-state index is -4.50. The van der Waals surface area contributed by atoms with E-state index >= 15 is 0 Å². The van der Waals surface area contributed by atoms with Gasteiger partial charge < -0.3 is 15.0 Å². The highest BCUT2D eigenvalue weighted by atomic mass is 35.5. The third-order valence-electron chi connectivity index (χ3n) is 5.70. The van der Waals surface area contributed by atoms with Crippen LogP contribution in [0.2, 0.25) is 5.02 Å². The van der Waals surface area contributed by atoms with Gasteiger partial charge in [-0.05, 0) is 37.9 Å².